The van der Waals surface area contributed by atoms with Crippen molar-refractivity contribution in [1.29, 1.82) is 0 Å². The van der Waals surface area contributed by atoms with Gasteiger partial charge in [-0.15, -0.1) is 26.6 Å². The molecule has 317 valence electrons. The van der Waals surface area contributed by atoms with Crippen molar-refractivity contribution in [2.45, 2.75) is 73.9 Å². The first kappa shape index (κ1) is 42.4. The van der Waals surface area contributed by atoms with Crippen molar-refractivity contribution >= 4 is 52.2 Å². The molecular weight excluding hydrogens is 800 g/mol. The van der Waals surface area contributed by atoms with E-state index in [0.717, 1.165) is 119 Å². The second-order valence-electron chi connectivity index (χ2n) is 16.0. The Morgan fingerprint density at radius 1 is 0.541 bits per heavy atom. The number of quaternary nitrogens is 2. The molecule has 3 atom stereocenters. The van der Waals surface area contributed by atoms with Gasteiger partial charge in [0.15, 0.2) is 18.9 Å². The minimum absolute atomic E-state index is 0. The third-order valence-corrected chi connectivity index (χ3v) is 13.1. The molecule has 9 heterocycles. The van der Waals surface area contributed by atoms with E-state index in [4.69, 9.17) is 19.9 Å². The normalized spacial score (nSPS) is 20.9. The van der Waals surface area contributed by atoms with Crippen LogP contribution in [0.5, 0.6) is 0 Å². The molecule has 9 rings (SSSR count). The minimum Gasteiger partial charge on any atom is -0.657 e. The molecule has 0 aliphatic carbocycles. The van der Waals surface area contributed by atoms with E-state index in [1.54, 1.807) is 0 Å². The van der Waals surface area contributed by atoms with Crippen molar-refractivity contribution in [2.75, 3.05) is 52.4 Å². The number of aromatic nitrogens is 4. The van der Waals surface area contributed by atoms with Crippen LogP contribution in [0.4, 0.5) is 0 Å². The van der Waals surface area contributed by atoms with E-state index in [-0.39, 0.29) is 35.6 Å². The van der Waals surface area contributed by atoms with Crippen LogP contribution in [-0.4, -0.2) is 97.2 Å². The number of nitrogens with zero attached hydrogens (tertiary/aromatic N) is 10. The number of amidine groups is 1. The summed E-state index contributed by atoms with van der Waals surface area (Å²) in [5.41, 5.74) is 11.8. The number of rotatable bonds is 12. The van der Waals surface area contributed by atoms with Gasteiger partial charge in [-0.05, 0) is 79.7 Å². The summed E-state index contributed by atoms with van der Waals surface area (Å²) >= 11 is 0. The molecule has 0 saturated carbocycles. The average molecular weight is 861 g/mol. The Kier molecular flexibility index (Phi) is 12.2. The molecule has 0 fully saturated rings. The van der Waals surface area contributed by atoms with Gasteiger partial charge in [0.2, 0.25) is 6.20 Å². The fourth-order valence-electron chi connectivity index (χ4n) is 9.93. The first-order valence-corrected chi connectivity index (χ1v) is 22.3. The van der Waals surface area contributed by atoms with Gasteiger partial charge in [0.05, 0.1) is 42.1 Å². The molecule has 0 amide bonds. The first-order chi connectivity index (χ1) is 29.4. The van der Waals surface area contributed by atoms with Gasteiger partial charge in [-0.25, -0.2) is 14.9 Å². The van der Waals surface area contributed by atoms with Crippen molar-refractivity contribution in [3.8, 4) is 0 Å². The molecule has 3 unspecified atom stereocenters. The fraction of sp³-hybridized carbons (Fsp3) is 0.396. The summed E-state index contributed by atoms with van der Waals surface area (Å²) in [7, 11) is 0. The van der Waals surface area contributed by atoms with Crippen molar-refractivity contribution in [3.05, 3.63) is 119 Å². The van der Waals surface area contributed by atoms with E-state index in [9.17, 15) is 0 Å². The summed E-state index contributed by atoms with van der Waals surface area (Å²) in [6, 6.07) is 8.86. The van der Waals surface area contributed by atoms with Crippen LogP contribution in [-0.2, 0) is 17.1 Å². The fourth-order valence-corrected chi connectivity index (χ4v) is 9.93. The molecule has 6 aliphatic heterocycles. The van der Waals surface area contributed by atoms with Gasteiger partial charge in [0.25, 0.3) is 0 Å². The zero-order chi connectivity index (χ0) is 41.7. The van der Waals surface area contributed by atoms with Crippen LogP contribution >= 0.6 is 0 Å². The molecule has 1 radical (unpaired) electrons. The molecule has 3 aromatic heterocycles. The van der Waals surface area contributed by atoms with Crippen molar-refractivity contribution < 1.29 is 31.4 Å². The molecular formula is C48H61MnN12+3. The number of nitrogens with one attached hydrogen (secondary N) is 2. The Bertz CT molecular complexity index is 2460. The van der Waals surface area contributed by atoms with Crippen LogP contribution in [0.1, 0.15) is 119 Å². The van der Waals surface area contributed by atoms with E-state index in [2.05, 4.69) is 183 Å². The summed E-state index contributed by atoms with van der Waals surface area (Å²) in [5.74, 6) is 1.18. The maximum Gasteiger partial charge on any atom is 2.00 e. The largest absolute Gasteiger partial charge is 2.00 e. The standard InChI is InChI=1S/C48H59N12.Mn/c1-9-53-25-26-54(10-2)45(53)41-33-17-19-35(49-33)42(46-55(11-3)27-28-56(46)12-4)37-21-23-39(51-37)44(48-59(15-7)31-32-60(48)16-8)40-24-22-38(52-40)43(36-20-18-34(41)50-36)47-57(13-5)29-30-58(47)14-6;/h17-32,45-47H,9-16H2,1-8H3;/q-1;+2/p+2. The number of hydrogen-bond acceptors (Lipinski definition) is 7. The molecule has 3 aromatic rings. The van der Waals surface area contributed by atoms with Gasteiger partial charge in [-0.3, -0.25) is 4.90 Å². The van der Waals surface area contributed by atoms with Crippen LogP contribution in [0.15, 0.2) is 73.9 Å². The van der Waals surface area contributed by atoms with E-state index in [0.29, 0.717) is 0 Å². The second kappa shape index (κ2) is 17.6. The number of hydrogen-bond donors (Lipinski definition) is 2. The summed E-state index contributed by atoms with van der Waals surface area (Å²) in [6.45, 7) is 24.8. The molecule has 2 N–H and O–H groups in total. The Labute approximate surface area is 371 Å². The summed E-state index contributed by atoms with van der Waals surface area (Å²) in [4.78, 5) is 37.3. The van der Waals surface area contributed by atoms with E-state index >= 15 is 0 Å². The topological polar surface area (TPSA) is 82.1 Å². The van der Waals surface area contributed by atoms with Crippen LogP contribution in [0, 0.1) is 0 Å². The Balaban J connectivity index is 0.00000514. The minimum atomic E-state index is -0.0625. The molecule has 61 heavy (non-hydrogen) atoms. The Morgan fingerprint density at radius 2 is 1.00 bits per heavy atom. The third kappa shape index (κ3) is 7.05. The van der Waals surface area contributed by atoms with E-state index < -0.39 is 0 Å². The van der Waals surface area contributed by atoms with Crippen molar-refractivity contribution in [1.82, 2.24) is 44.4 Å². The third-order valence-electron chi connectivity index (χ3n) is 13.1. The maximum absolute atomic E-state index is 5.66. The zero-order valence-corrected chi connectivity index (χ0v) is 38.2. The van der Waals surface area contributed by atoms with Gasteiger partial charge in [-0.2, -0.15) is 0 Å². The maximum atomic E-state index is 5.66. The van der Waals surface area contributed by atoms with Gasteiger partial charge in [-0.1, -0.05) is 24.3 Å². The first-order valence-electron chi connectivity index (χ1n) is 22.3. The SMILES string of the molecule is CCN1C=CN(CC)C1c1c2nc(c(C3N(CC)C=C[NH+]3CC)c3ccc([n-]3)c(C3N(CC)C=CN3CC)c3nc(c(C4=[N+](CC)C=C[NH+]4CC)c4ccc1[n-]4)C=C3)C=C2.[Mn+2]. The Hall–Kier alpha value is -5.33. The molecule has 0 aromatic carbocycles. The molecule has 13 heteroatoms. The van der Waals surface area contributed by atoms with Crippen LogP contribution in [0.25, 0.3) is 46.4 Å². The summed E-state index contributed by atoms with van der Waals surface area (Å²) in [5, 5.41) is 0. The predicted molar refractivity (Wildman–Crippen MR) is 241 cm³/mol. The van der Waals surface area contributed by atoms with E-state index in [1.807, 2.05) is 0 Å². The van der Waals surface area contributed by atoms with Gasteiger partial charge in [0, 0.05) is 74.2 Å². The molecule has 12 nitrogen and oxygen atoms in total. The smallest absolute Gasteiger partial charge is 0.657 e. The van der Waals surface area contributed by atoms with Crippen LogP contribution < -0.4 is 19.8 Å². The molecule has 0 spiro atoms. The van der Waals surface area contributed by atoms with Crippen molar-refractivity contribution in [3.63, 3.8) is 0 Å². The second-order valence-corrected chi connectivity index (χ2v) is 16.0. The van der Waals surface area contributed by atoms with Gasteiger partial charge < -0.3 is 34.5 Å². The van der Waals surface area contributed by atoms with Crippen molar-refractivity contribution in [2.24, 2.45) is 0 Å². The Morgan fingerprint density at radius 3 is 1.49 bits per heavy atom. The van der Waals surface area contributed by atoms with E-state index in [1.165, 1.54) is 15.6 Å². The van der Waals surface area contributed by atoms with Crippen LogP contribution in [0.2, 0.25) is 0 Å². The number of fused-ring (bicyclic) bond motifs is 8. The van der Waals surface area contributed by atoms with Crippen LogP contribution in [0.3, 0.4) is 0 Å². The molecule has 0 saturated heterocycles. The zero-order valence-electron chi connectivity index (χ0n) is 37.0. The molecule has 8 bridgehead atoms. The summed E-state index contributed by atoms with van der Waals surface area (Å²) in [6.07, 6.45) is 26.7. The quantitative estimate of drug-likeness (QED) is 0.133. The van der Waals surface area contributed by atoms with Gasteiger partial charge >= 0.3 is 22.9 Å². The average Bonchev–Trinajstić information content (AvgIpc) is 4.13. The van der Waals surface area contributed by atoms with Gasteiger partial charge in [0.1, 0.15) is 24.1 Å². The monoisotopic (exact) mass is 860 g/mol. The molecule has 6 aliphatic rings. The summed E-state index contributed by atoms with van der Waals surface area (Å²) < 4.78 is 2.36. The predicted octanol–water partition coefficient (Wildman–Crippen LogP) is 5.04.